The fourth-order valence-corrected chi connectivity index (χ4v) is 6.94. The number of methoxy groups -OCH3 is 2. The van der Waals surface area contributed by atoms with E-state index in [4.69, 9.17) is 9.47 Å². The number of hydrogen-bond donors (Lipinski definition) is 0. The highest BCUT2D eigenvalue weighted by molar-refractivity contribution is 9.10. The summed E-state index contributed by atoms with van der Waals surface area (Å²) < 4.78 is 11.5. The van der Waals surface area contributed by atoms with Crippen molar-refractivity contribution in [2.45, 2.75) is 31.6 Å². The predicted octanol–water partition coefficient (Wildman–Crippen LogP) is 5.09. The van der Waals surface area contributed by atoms with Gasteiger partial charge in [-0.25, -0.2) is 0 Å². The second-order valence-corrected chi connectivity index (χ2v) is 13.8. The fourth-order valence-electron chi connectivity index (χ4n) is 3.68. The van der Waals surface area contributed by atoms with Gasteiger partial charge in [0.2, 0.25) is 0 Å². The van der Waals surface area contributed by atoms with Gasteiger partial charge in [-0.3, -0.25) is 4.79 Å². The minimum atomic E-state index is -1.12. The third-order valence-corrected chi connectivity index (χ3v) is 9.03. The van der Waals surface area contributed by atoms with Crippen LogP contribution >= 0.6 is 15.9 Å². The van der Waals surface area contributed by atoms with E-state index < -0.39 is 8.07 Å². The average molecular weight is 448 g/mol. The van der Waals surface area contributed by atoms with Gasteiger partial charge in [-0.1, -0.05) is 25.2 Å². The Morgan fingerprint density at radius 2 is 1.85 bits per heavy atom. The van der Waals surface area contributed by atoms with Gasteiger partial charge >= 0.3 is 0 Å². The number of rotatable bonds is 4. The molecule has 0 N–H and O–H groups in total. The maximum absolute atomic E-state index is 13.1. The standard InChI is InChI=1S/C21H26BrNO3Si/c1-23(17-8-9-18(25-2)20(26-3)19(17)22)21(24)15-6-7-16-13-27(4,5)11-10-14(16)12-15/h6-9,12H,10-11,13H2,1-5H3. The van der Waals surface area contributed by atoms with Crippen LogP contribution in [-0.2, 0) is 12.5 Å². The smallest absolute Gasteiger partial charge is 0.258 e. The summed E-state index contributed by atoms with van der Waals surface area (Å²) in [4.78, 5) is 14.8. The second kappa shape index (κ2) is 7.68. The topological polar surface area (TPSA) is 38.8 Å². The molecule has 0 spiro atoms. The summed E-state index contributed by atoms with van der Waals surface area (Å²) in [5.74, 6) is 1.16. The Balaban J connectivity index is 1.91. The Kier molecular flexibility index (Phi) is 5.67. The molecule has 0 bridgehead atoms. The summed E-state index contributed by atoms with van der Waals surface area (Å²) in [6.45, 7) is 4.88. The monoisotopic (exact) mass is 447 g/mol. The Morgan fingerprint density at radius 3 is 2.52 bits per heavy atom. The van der Waals surface area contributed by atoms with Crippen molar-refractivity contribution >= 4 is 35.6 Å². The molecule has 1 aliphatic rings. The van der Waals surface area contributed by atoms with Crippen LogP contribution in [0.15, 0.2) is 34.8 Å². The van der Waals surface area contributed by atoms with Crippen molar-refractivity contribution in [2.24, 2.45) is 0 Å². The van der Waals surface area contributed by atoms with Gasteiger partial charge in [-0.15, -0.1) is 0 Å². The van der Waals surface area contributed by atoms with Crippen molar-refractivity contribution in [1.29, 1.82) is 0 Å². The number of aryl methyl sites for hydroxylation is 1. The number of benzene rings is 2. The Bertz CT molecular complexity index is 882. The molecule has 0 atom stereocenters. The Hall–Kier alpha value is -1.79. The van der Waals surface area contributed by atoms with Crippen molar-refractivity contribution in [3.63, 3.8) is 0 Å². The molecule has 2 aromatic rings. The molecule has 1 aliphatic heterocycles. The van der Waals surface area contributed by atoms with Gasteiger partial charge in [-0.2, -0.15) is 0 Å². The van der Waals surface area contributed by atoms with Crippen LogP contribution in [-0.4, -0.2) is 35.2 Å². The van der Waals surface area contributed by atoms with Crippen molar-refractivity contribution in [3.8, 4) is 11.5 Å². The molecule has 0 saturated carbocycles. The third-order valence-electron chi connectivity index (χ3n) is 5.32. The van der Waals surface area contributed by atoms with E-state index in [2.05, 4.69) is 41.2 Å². The van der Waals surface area contributed by atoms with Gasteiger partial charge in [-0.05, 0) is 63.8 Å². The fraction of sp³-hybridized carbons (Fsp3) is 0.381. The van der Waals surface area contributed by atoms with E-state index in [1.54, 1.807) is 26.2 Å². The van der Waals surface area contributed by atoms with Gasteiger partial charge in [0, 0.05) is 12.6 Å². The number of ether oxygens (including phenoxy) is 2. The van der Waals surface area contributed by atoms with Crippen LogP contribution in [0.2, 0.25) is 19.1 Å². The van der Waals surface area contributed by atoms with Gasteiger partial charge in [0.05, 0.1) is 32.5 Å². The second-order valence-electron chi connectivity index (χ2n) is 7.82. The predicted molar refractivity (Wildman–Crippen MR) is 116 cm³/mol. The number of hydrogen-bond acceptors (Lipinski definition) is 3. The van der Waals surface area contributed by atoms with E-state index in [1.165, 1.54) is 23.2 Å². The van der Waals surface area contributed by atoms with E-state index in [-0.39, 0.29) is 5.91 Å². The molecular weight excluding hydrogens is 422 g/mol. The molecule has 144 valence electrons. The first kappa shape index (κ1) is 20.0. The lowest BCUT2D eigenvalue weighted by molar-refractivity contribution is 0.0992. The molecule has 1 heterocycles. The molecule has 3 rings (SSSR count). The Labute approximate surface area is 170 Å². The molecule has 0 aromatic heterocycles. The third kappa shape index (κ3) is 3.92. The zero-order chi connectivity index (χ0) is 19.8. The van der Waals surface area contributed by atoms with Crippen LogP contribution in [0, 0.1) is 0 Å². The molecule has 0 aliphatic carbocycles. The SMILES string of the molecule is COc1ccc(N(C)C(=O)c2ccc3c(c2)CC[Si](C)(C)C3)c(Br)c1OC. The van der Waals surface area contributed by atoms with Crippen molar-refractivity contribution < 1.29 is 14.3 Å². The van der Waals surface area contributed by atoms with Crippen LogP contribution in [0.5, 0.6) is 11.5 Å². The molecular formula is C21H26BrNO3Si. The quantitative estimate of drug-likeness (QED) is 0.612. The summed E-state index contributed by atoms with van der Waals surface area (Å²) >= 11 is 3.55. The van der Waals surface area contributed by atoms with Gasteiger partial charge in [0.15, 0.2) is 11.5 Å². The summed E-state index contributed by atoms with van der Waals surface area (Å²) in [7, 11) is 3.85. The molecule has 0 radical (unpaired) electrons. The van der Waals surface area contributed by atoms with Crippen molar-refractivity contribution in [2.75, 3.05) is 26.2 Å². The van der Waals surface area contributed by atoms with Crippen LogP contribution in [0.1, 0.15) is 21.5 Å². The number of nitrogens with zero attached hydrogens (tertiary/aromatic N) is 1. The molecule has 6 heteroatoms. The molecule has 0 fully saturated rings. The van der Waals surface area contributed by atoms with Gasteiger partial charge in [0.25, 0.3) is 5.91 Å². The summed E-state index contributed by atoms with van der Waals surface area (Å²) in [5.41, 5.74) is 4.21. The van der Waals surface area contributed by atoms with E-state index >= 15 is 0 Å². The average Bonchev–Trinajstić information content (AvgIpc) is 2.65. The van der Waals surface area contributed by atoms with Crippen LogP contribution in [0.25, 0.3) is 0 Å². The molecule has 0 saturated heterocycles. The highest BCUT2D eigenvalue weighted by atomic mass is 79.9. The Morgan fingerprint density at radius 1 is 1.11 bits per heavy atom. The zero-order valence-electron chi connectivity index (χ0n) is 16.6. The molecule has 4 nitrogen and oxygen atoms in total. The minimum absolute atomic E-state index is 0.0344. The van der Waals surface area contributed by atoms with E-state index in [1.807, 2.05) is 18.2 Å². The normalized spacial score (nSPS) is 15.0. The lowest BCUT2D eigenvalue weighted by Gasteiger charge is -2.30. The van der Waals surface area contributed by atoms with Crippen LogP contribution < -0.4 is 14.4 Å². The molecule has 2 aromatic carbocycles. The number of anilines is 1. The first-order valence-electron chi connectivity index (χ1n) is 9.08. The molecule has 1 amide bonds. The van der Waals surface area contributed by atoms with E-state index in [0.717, 1.165) is 17.7 Å². The molecule has 27 heavy (non-hydrogen) atoms. The van der Waals surface area contributed by atoms with Gasteiger partial charge in [0.1, 0.15) is 0 Å². The largest absolute Gasteiger partial charge is 0.493 e. The number of carbonyl (C=O) groups is 1. The lowest BCUT2D eigenvalue weighted by atomic mass is 10.0. The van der Waals surface area contributed by atoms with Crippen LogP contribution in [0.4, 0.5) is 5.69 Å². The van der Waals surface area contributed by atoms with E-state index in [0.29, 0.717) is 16.0 Å². The van der Waals surface area contributed by atoms with Crippen LogP contribution in [0.3, 0.4) is 0 Å². The highest BCUT2D eigenvalue weighted by Crippen LogP contribution is 2.41. The zero-order valence-corrected chi connectivity index (χ0v) is 19.1. The van der Waals surface area contributed by atoms with Gasteiger partial charge < -0.3 is 14.4 Å². The number of carbonyl (C=O) groups excluding carboxylic acids is 1. The van der Waals surface area contributed by atoms with Crippen molar-refractivity contribution in [1.82, 2.24) is 0 Å². The summed E-state index contributed by atoms with van der Waals surface area (Å²) in [6, 6.07) is 12.3. The summed E-state index contributed by atoms with van der Waals surface area (Å²) in [5, 5.41) is 0. The maximum atomic E-state index is 13.1. The molecule has 0 unspecified atom stereocenters. The number of amides is 1. The lowest BCUT2D eigenvalue weighted by Crippen LogP contribution is -2.34. The maximum Gasteiger partial charge on any atom is 0.258 e. The number of fused-ring (bicyclic) bond motifs is 1. The first-order valence-corrected chi connectivity index (χ1v) is 13.3. The van der Waals surface area contributed by atoms with Crippen molar-refractivity contribution in [3.05, 3.63) is 51.5 Å². The summed E-state index contributed by atoms with van der Waals surface area (Å²) in [6.07, 6.45) is 1.08. The number of halogens is 1. The first-order chi connectivity index (χ1) is 12.8. The highest BCUT2D eigenvalue weighted by Gasteiger charge is 2.28. The minimum Gasteiger partial charge on any atom is -0.493 e. The van der Waals surface area contributed by atoms with E-state index in [9.17, 15) is 4.79 Å².